The van der Waals surface area contributed by atoms with Crippen molar-refractivity contribution in [1.82, 2.24) is 10.2 Å². The highest BCUT2D eigenvalue weighted by Crippen LogP contribution is 2.32. The highest BCUT2D eigenvalue weighted by Gasteiger charge is 2.43. The predicted molar refractivity (Wildman–Crippen MR) is 69.1 cm³/mol. The maximum Gasteiger partial charge on any atom is 0.325 e. The molecule has 0 radical (unpaired) electrons. The lowest BCUT2D eigenvalue weighted by molar-refractivity contribution is -0.152. The molecule has 0 saturated carbocycles. The number of ether oxygens (including phenoxy) is 1. The Hall–Kier alpha value is -1.10. The largest absolute Gasteiger partial charge is 0.468 e. The summed E-state index contributed by atoms with van der Waals surface area (Å²) in [4.78, 5) is 25.7. The third-order valence-electron chi connectivity index (χ3n) is 3.79. The maximum absolute atomic E-state index is 12.7. The van der Waals surface area contributed by atoms with E-state index < -0.39 is 0 Å². The first-order valence-corrected chi connectivity index (χ1v) is 6.55. The van der Waals surface area contributed by atoms with Crippen LogP contribution in [0.4, 0.5) is 0 Å². The molecule has 0 aromatic carbocycles. The Morgan fingerprint density at radius 3 is 2.50 bits per heavy atom. The zero-order valence-electron chi connectivity index (χ0n) is 11.8. The Labute approximate surface area is 109 Å². The molecule has 0 aliphatic carbocycles. The quantitative estimate of drug-likeness (QED) is 0.739. The Morgan fingerprint density at radius 2 is 2.11 bits per heavy atom. The molecule has 104 valence electrons. The van der Waals surface area contributed by atoms with E-state index >= 15 is 0 Å². The molecule has 1 amide bonds. The molecular formula is C13H24N2O3. The minimum atomic E-state index is -0.366. The average Bonchev–Trinajstić information content (AvgIpc) is 2.84. The number of amides is 1. The molecule has 1 aliphatic rings. The summed E-state index contributed by atoms with van der Waals surface area (Å²) in [5.41, 5.74) is -0.349. The second kappa shape index (κ2) is 6.18. The minimum absolute atomic E-state index is 0.000579. The number of methoxy groups -OCH3 is 1. The second-order valence-corrected chi connectivity index (χ2v) is 5.16. The molecule has 1 atom stereocenters. The fourth-order valence-electron chi connectivity index (χ4n) is 2.38. The van der Waals surface area contributed by atoms with Crippen LogP contribution in [0.2, 0.25) is 0 Å². The zero-order valence-corrected chi connectivity index (χ0v) is 11.8. The summed E-state index contributed by atoms with van der Waals surface area (Å²) in [5, 5.41) is 3.24. The van der Waals surface area contributed by atoms with Crippen LogP contribution in [-0.4, -0.2) is 49.6 Å². The molecule has 5 nitrogen and oxygen atoms in total. The molecule has 0 spiro atoms. The van der Waals surface area contributed by atoms with E-state index in [2.05, 4.69) is 10.1 Å². The molecule has 1 aliphatic heterocycles. The van der Waals surface area contributed by atoms with Crippen LogP contribution in [0.3, 0.4) is 0 Å². The number of hydrogen-bond donors (Lipinski definition) is 1. The van der Waals surface area contributed by atoms with Gasteiger partial charge in [-0.15, -0.1) is 0 Å². The number of carbonyl (C=O) groups is 2. The molecule has 18 heavy (non-hydrogen) atoms. The second-order valence-electron chi connectivity index (χ2n) is 5.16. The van der Waals surface area contributed by atoms with Crippen LogP contribution in [0.1, 0.15) is 33.6 Å². The van der Waals surface area contributed by atoms with Gasteiger partial charge in [0.05, 0.1) is 12.5 Å². The van der Waals surface area contributed by atoms with Crippen LogP contribution in [0, 0.1) is 5.41 Å². The molecular weight excluding hydrogens is 232 g/mol. The van der Waals surface area contributed by atoms with Crippen LogP contribution in [0.25, 0.3) is 0 Å². The minimum Gasteiger partial charge on any atom is -0.468 e. The summed E-state index contributed by atoms with van der Waals surface area (Å²) in [6, 6.07) is 0.000579. The van der Waals surface area contributed by atoms with Crippen molar-refractivity contribution in [3.63, 3.8) is 0 Å². The first-order valence-electron chi connectivity index (χ1n) is 6.55. The Balaban J connectivity index is 2.84. The van der Waals surface area contributed by atoms with Gasteiger partial charge in [0.1, 0.15) is 6.54 Å². The molecule has 1 fully saturated rings. The van der Waals surface area contributed by atoms with E-state index in [9.17, 15) is 9.59 Å². The van der Waals surface area contributed by atoms with E-state index in [1.165, 1.54) is 7.11 Å². The Kier molecular flexibility index (Phi) is 5.14. The smallest absolute Gasteiger partial charge is 0.325 e. The lowest BCUT2D eigenvalue weighted by Gasteiger charge is -2.35. The molecule has 0 aromatic heterocycles. The van der Waals surface area contributed by atoms with Crippen molar-refractivity contribution in [2.75, 3.05) is 26.7 Å². The van der Waals surface area contributed by atoms with Crippen LogP contribution in [-0.2, 0) is 14.3 Å². The molecule has 0 aromatic rings. The molecule has 5 heteroatoms. The van der Waals surface area contributed by atoms with E-state index in [4.69, 9.17) is 0 Å². The molecule has 1 N–H and O–H groups in total. The van der Waals surface area contributed by atoms with Crippen molar-refractivity contribution >= 4 is 11.9 Å². The fraction of sp³-hybridized carbons (Fsp3) is 0.846. The van der Waals surface area contributed by atoms with Gasteiger partial charge in [0.25, 0.3) is 0 Å². The van der Waals surface area contributed by atoms with Gasteiger partial charge in [-0.1, -0.05) is 6.92 Å². The summed E-state index contributed by atoms with van der Waals surface area (Å²) >= 11 is 0. The van der Waals surface area contributed by atoms with Gasteiger partial charge in [-0.05, 0) is 33.2 Å². The van der Waals surface area contributed by atoms with Crippen LogP contribution < -0.4 is 5.32 Å². The molecule has 1 heterocycles. The summed E-state index contributed by atoms with van der Waals surface area (Å²) < 4.78 is 4.66. The highest BCUT2D eigenvalue weighted by atomic mass is 16.5. The monoisotopic (exact) mass is 256 g/mol. The molecule has 1 rings (SSSR count). The van der Waals surface area contributed by atoms with Gasteiger partial charge >= 0.3 is 5.97 Å². The van der Waals surface area contributed by atoms with Gasteiger partial charge in [0.15, 0.2) is 0 Å². The summed E-state index contributed by atoms with van der Waals surface area (Å²) in [6.07, 6.45) is 1.63. The van der Waals surface area contributed by atoms with Gasteiger partial charge in [-0.2, -0.15) is 0 Å². The van der Waals surface area contributed by atoms with Crippen molar-refractivity contribution in [3.05, 3.63) is 0 Å². The fourth-order valence-corrected chi connectivity index (χ4v) is 2.38. The van der Waals surface area contributed by atoms with E-state index in [1.807, 2.05) is 20.8 Å². The van der Waals surface area contributed by atoms with Crippen molar-refractivity contribution in [2.45, 2.75) is 39.7 Å². The van der Waals surface area contributed by atoms with Crippen molar-refractivity contribution in [3.8, 4) is 0 Å². The normalized spacial score (nSPS) is 23.2. The van der Waals surface area contributed by atoms with Crippen molar-refractivity contribution in [1.29, 1.82) is 0 Å². The zero-order chi connectivity index (χ0) is 13.8. The number of carbonyl (C=O) groups excluding carboxylic acids is 2. The number of nitrogens with zero attached hydrogens (tertiary/aromatic N) is 1. The lowest BCUT2D eigenvalue weighted by Crippen LogP contribution is -2.50. The first kappa shape index (κ1) is 15.0. The highest BCUT2D eigenvalue weighted by molar-refractivity contribution is 5.87. The third kappa shape index (κ3) is 3.02. The summed E-state index contributed by atoms with van der Waals surface area (Å²) in [7, 11) is 1.35. The van der Waals surface area contributed by atoms with Gasteiger partial charge in [-0.25, -0.2) is 0 Å². The molecule has 1 unspecified atom stereocenters. The summed E-state index contributed by atoms with van der Waals surface area (Å²) in [5.74, 6) is -0.301. The number of nitrogens with one attached hydrogen (secondary N) is 1. The number of esters is 1. The first-order chi connectivity index (χ1) is 8.46. The predicted octanol–water partition coefficient (Wildman–Crippen LogP) is 0.786. The van der Waals surface area contributed by atoms with Crippen molar-refractivity contribution < 1.29 is 14.3 Å². The summed E-state index contributed by atoms with van der Waals surface area (Å²) in [6.45, 7) is 7.48. The number of hydrogen-bond acceptors (Lipinski definition) is 4. The van der Waals surface area contributed by atoms with Crippen molar-refractivity contribution in [2.24, 2.45) is 5.41 Å². The van der Waals surface area contributed by atoms with E-state index in [-0.39, 0.29) is 29.9 Å². The van der Waals surface area contributed by atoms with E-state index in [0.29, 0.717) is 6.54 Å². The number of rotatable bonds is 5. The van der Waals surface area contributed by atoms with Gasteiger partial charge < -0.3 is 15.0 Å². The van der Waals surface area contributed by atoms with E-state index in [1.54, 1.807) is 4.90 Å². The standard InChI is InChI=1S/C13H24N2O3/c1-5-13(6-7-14-9-13)12(17)15(10(2)3)8-11(16)18-4/h10,14H,5-9H2,1-4H3. The van der Waals surface area contributed by atoms with E-state index in [0.717, 1.165) is 19.4 Å². The topological polar surface area (TPSA) is 58.6 Å². The SMILES string of the molecule is CCC1(C(=O)N(CC(=O)OC)C(C)C)CCNC1. The van der Waals surface area contributed by atoms with Crippen LogP contribution in [0.15, 0.2) is 0 Å². The Bertz CT molecular complexity index is 309. The van der Waals surface area contributed by atoms with Gasteiger partial charge in [0.2, 0.25) is 5.91 Å². The maximum atomic E-state index is 12.7. The van der Waals surface area contributed by atoms with Gasteiger partial charge in [0, 0.05) is 12.6 Å². The molecule has 0 bridgehead atoms. The molecule has 1 saturated heterocycles. The van der Waals surface area contributed by atoms with Gasteiger partial charge in [-0.3, -0.25) is 9.59 Å². The average molecular weight is 256 g/mol. The third-order valence-corrected chi connectivity index (χ3v) is 3.79. The van der Waals surface area contributed by atoms with Crippen LogP contribution >= 0.6 is 0 Å². The Morgan fingerprint density at radius 1 is 1.44 bits per heavy atom. The lowest BCUT2D eigenvalue weighted by atomic mass is 9.82. The van der Waals surface area contributed by atoms with Crippen LogP contribution in [0.5, 0.6) is 0 Å².